The Morgan fingerprint density at radius 2 is 1.53 bits per heavy atom. The molecule has 0 radical (unpaired) electrons. The van der Waals surface area contributed by atoms with E-state index in [1.807, 2.05) is 31.2 Å². The number of Topliss-reactive ketones (excluding diaryl/α,β-unsaturated/α-hetero) is 1. The molecule has 0 unspecified atom stereocenters. The first-order valence-corrected chi connectivity index (χ1v) is 12.5. The molecule has 0 aliphatic rings. The molecule has 0 fully saturated rings. The first kappa shape index (κ1) is 27.4. The molecule has 0 aromatic heterocycles. The second-order valence-corrected chi connectivity index (χ2v) is 9.53. The Morgan fingerprint density at radius 1 is 0.917 bits per heavy atom. The van der Waals surface area contributed by atoms with Crippen LogP contribution >= 0.6 is 27.5 Å². The summed E-state index contributed by atoms with van der Waals surface area (Å²) >= 11 is 9.44. The highest BCUT2D eigenvalue weighted by molar-refractivity contribution is 9.10. The van der Waals surface area contributed by atoms with E-state index in [-0.39, 0.29) is 5.78 Å². The van der Waals surface area contributed by atoms with E-state index in [1.165, 1.54) is 7.11 Å². The average Bonchev–Trinajstić information content (AvgIpc) is 2.89. The number of halogens is 2. The molecule has 3 aromatic carbocycles. The van der Waals surface area contributed by atoms with E-state index in [9.17, 15) is 14.4 Å². The summed E-state index contributed by atoms with van der Waals surface area (Å²) in [6.07, 6.45) is 0.394. The van der Waals surface area contributed by atoms with Gasteiger partial charge in [0, 0.05) is 32.6 Å². The summed E-state index contributed by atoms with van der Waals surface area (Å²) in [5.74, 6) is -3.59. The van der Waals surface area contributed by atoms with Gasteiger partial charge in [-0.25, -0.2) is 0 Å². The van der Waals surface area contributed by atoms with Gasteiger partial charge < -0.3 is 14.8 Å². The van der Waals surface area contributed by atoms with E-state index in [0.717, 1.165) is 4.47 Å². The van der Waals surface area contributed by atoms with Crippen molar-refractivity contribution in [1.82, 2.24) is 0 Å². The Hall–Kier alpha value is -3.16. The number of ketones is 1. The van der Waals surface area contributed by atoms with Gasteiger partial charge in [0.2, 0.25) is 5.91 Å². The number of hydrogen-bond donors (Lipinski definition) is 1. The van der Waals surface area contributed by atoms with Gasteiger partial charge in [0.15, 0.2) is 5.78 Å². The lowest BCUT2D eigenvalue weighted by Crippen LogP contribution is -2.40. The average molecular weight is 573 g/mol. The first-order chi connectivity index (χ1) is 17.3. The van der Waals surface area contributed by atoms with Gasteiger partial charge >= 0.3 is 5.97 Å². The number of amides is 1. The Kier molecular flexibility index (Phi) is 9.67. The molecule has 1 amide bonds. The van der Waals surface area contributed by atoms with Gasteiger partial charge in [-0.3, -0.25) is 14.4 Å². The van der Waals surface area contributed by atoms with Crippen LogP contribution in [-0.2, 0) is 14.3 Å². The van der Waals surface area contributed by atoms with Gasteiger partial charge in [0.05, 0.1) is 14.2 Å². The van der Waals surface area contributed by atoms with Gasteiger partial charge in [-0.05, 0) is 72.6 Å². The Balaban J connectivity index is 2.07. The van der Waals surface area contributed by atoms with E-state index < -0.39 is 29.6 Å². The summed E-state index contributed by atoms with van der Waals surface area (Å²) in [5, 5.41) is 3.31. The third-order valence-corrected chi connectivity index (χ3v) is 6.83. The number of carbonyl (C=O) groups excluding carboxylic acids is 3. The number of carbonyl (C=O) groups is 3. The van der Waals surface area contributed by atoms with Crippen LogP contribution in [0.1, 0.15) is 35.2 Å². The normalized spacial score (nSPS) is 13.2. The fourth-order valence-corrected chi connectivity index (χ4v) is 4.60. The quantitative estimate of drug-likeness (QED) is 0.170. The summed E-state index contributed by atoms with van der Waals surface area (Å²) in [5.41, 5.74) is 1.61. The van der Waals surface area contributed by atoms with Crippen molar-refractivity contribution in [3.63, 3.8) is 0 Å². The smallest absolute Gasteiger partial charge is 0.318 e. The maximum Gasteiger partial charge on any atom is 0.318 e. The maximum atomic E-state index is 13.7. The van der Waals surface area contributed by atoms with Crippen LogP contribution in [0.15, 0.2) is 77.3 Å². The zero-order valence-corrected chi connectivity index (χ0v) is 22.5. The molecule has 3 aromatic rings. The van der Waals surface area contributed by atoms with Crippen LogP contribution in [0.25, 0.3) is 0 Å². The van der Waals surface area contributed by atoms with Crippen molar-refractivity contribution < 1.29 is 23.9 Å². The van der Waals surface area contributed by atoms with E-state index >= 15 is 0 Å². The van der Waals surface area contributed by atoms with Crippen LogP contribution in [0.2, 0.25) is 5.02 Å². The van der Waals surface area contributed by atoms with Gasteiger partial charge in [0.1, 0.15) is 11.7 Å². The molecule has 3 rings (SSSR count). The molecule has 6 nitrogen and oxygen atoms in total. The largest absolute Gasteiger partial charge is 0.497 e. The number of anilines is 1. The van der Waals surface area contributed by atoms with Crippen molar-refractivity contribution in [2.75, 3.05) is 19.5 Å². The molecule has 0 saturated carbocycles. The van der Waals surface area contributed by atoms with Crippen LogP contribution < -0.4 is 10.1 Å². The Labute approximate surface area is 224 Å². The van der Waals surface area contributed by atoms with Crippen molar-refractivity contribution in [3.8, 4) is 5.75 Å². The Morgan fingerprint density at radius 3 is 2.06 bits per heavy atom. The van der Waals surface area contributed by atoms with Crippen LogP contribution in [0, 0.1) is 11.8 Å². The van der Waals surface area contributed by atoms with Crippen LogP contribution in [0.5, 0.6) is 5.75 Å². The molecule has 3 atom stereocenters. The predicted molar refractivity (Wildman–Crippen MR) is 144 cm³/mol. The molecule has 0 heterocycles. The summed E-state index contributed by atoms with van der Waals surface area (Å²) in [6.45, 7) is 1.86. The van der Waals surface area contributed by atoms with E-state index in [0.29, 0.717) is 34.0 Å². The van der Waals surface area contributed by atoms with Crippen molar-refractivity contribution in [3.05, 3.63) is 93.4 Å². The SMILES string of the molecule is CC[C@H](C(=O)c1ccc(Cl)cc1)[C@@H](c1ccc(Br)cc1)[C@@H](C(=O)Nc1ccc(OC)cc1)C(=O)OC. The molecule has 1 N–H and O–H groups in total. The second kappa shape index (κ2) is 12.7. The van der Waals surface area contributed by atoms with E-state index in [2.05, 4.69) is 21.2 Å². The summed E-state index contributed by atoms with van der Waals surface area (Å²) in [6, 6.07) is 20.6. The molecule has 0 aliphatic heterocycles. The topological polar surface area (TPSA) is 81.7 Å². The summed E-state index contributed by atoms with van der Waals surface area (Å²) < 4.78 is 11.1. The molecular formula is C28H27BrClNO5. The Bertz CT molecular complexity index is 1200. The lowest BCUT2D eigenvalue weighted by Gasteiger charge is -2.31. The van der Waals surface area contributed by atoms with Gasteiger partial charge in [-0.1, -0.05) is 46.6 Å². The molecule has 0 saturated heterocycles. The molecule has 0 bridgehead atoms. The van der Waals surface area contributed by atoms with Crippen molar-refractivity contribution in [1.29, 1.82) is 0 Å². The number of methoxy groups -OCH3 is 2. The van der Waals surface area contributed by atoms with Gasteiger partial charge in [-0.2, -0.15) is 0 Å². The fourth-order valence-electron chi connectivity index (χ4n) is 4.21. The lowest BCUT2D eigenvalue weighted by molar-refractivity contribution is -0.150. The minimum absolute atomic E-state index is 0.187. The minimum Gasteiger partial charge on any atom is -0.497 e. The summed E-state index contributed by atoms with van der Waals surface area (Å²) in [4.78, 5) is 40.4. The molecule has 36 heavy (non-hydrogen) atoms. The maximum absolute atomic E-state index is 13.7. The monoisotopic (exact) mass is 571 g/mol. The number of hydrogen-bond acceptors (Lipinski definition) is 5. The summed E-state index contributed by atoms with van der Waals surface area (Å²) in [7, 11) is 2.78. The lowest BCUT2D eigenvalue weighted by atomic mass is 9.72. The van der Waals surface area contributed by atoms with Crippen LogP contribution in [-0.4, -0.2) is 31.9 Å². The van der Waals surface area contributed by atoms with E-state index in [4.69, 9.17) is 21.1 Å². The minimum atomic E-state index is -1.28. The third-order valence-electron chi connectivity index (χ3n) is 6.05. The van der Waals surface area contributed by atoms with Crippen molar-refractivity contribution in [2.45, 2.75) is 19.3 Å². The zero-order chi connectivity index (χ0) is 26.2. The predicted octanol–water partition coefficient (Wildman–Crippen LogP) is 6.53. The molecule has 0 spiro atoms. The molecule has 0 aliphatic carbocycles. The van der Waals surface area contributed by atoms with Gasteiger partial charge in [-0.15, -0.1) is 0 Å². The highest BCUT2D eigenvalue weighted by Gasteiger charge is 2.43. The number of benzene rings is 3. The standard InChI is InChI=1S/C28H27BrClNO5/c1-4-23(26(32)18-7-11-20(30)12-8-18)24(17-5-9-19(29)10-6-17)25(28(34)36-3)27(33)31-21-13-15-22(35-2)16-14-21/h5-16,23-25H,4H2,1-3H3,(H,31,33)/t23-,24+,25-/m0/s1. The molecular weight excluding hydrogens is 546 g/mol. The molecule has 8 heteroatoms. The number of nitrogens with one attached hydrogen (secondary N) is 1. The van der Waals surface area contributed by atoms with Crippen LogP contribution in [0.4, 0.5) is 5.69 Å². The van der Waals surface area contributed by atoms with Gasteiger partial charge in [0.25, 0.3) is 0 Å². The van der Waals surface area contributed by atoms with E-state index in [1.54, 1.807) is 55.6 Å². The molecule has 188 valence electrons. The fraction of sp³-hybridized carbons (Fsp3) is 0.250. The highest BCUT2D eigenvalue weighted by atomic mass is 79.9. The third kappa shape index (κ3) is 6.53. The highest BCUT2D eigenvalue weighted by Crippen LogP contribution is 2.38. The van der Waals surface area contributed by atoms with Crippen molar-refractivity contribution in [2.24, 2.45) is 11.8 Å². The number of rotatable bonds is 10. The number of ether oxygens (including phenoxy) is 2. The zero-order valence-electron chi connectivity index (χ0n) is 20.2. The van der Waals surface area contributed by atoms with Crippen LogP contribution in [0.3, 0.4) is 0 Å². The number of esters is 1. The second-order valence-electron chi connectivity index (χ2n) is 8.18. The van der Waals surface area contributed by atoms with Crippen molar-refractivity contribution >= 4 is 50.9 Å². The first-order valence-electron chi connectivity index (χ1n) is 11.4.